The van der Waals surface area contributed by atoms with Crippen LogP contribution in [0.1, 0.15) is 12.8 Å². The molecule has 1 amide bonds. The average molecular weight is 403 g/mol. The van der Waals surface area contributed by atoms with Crippen molar-refractivity contribution in [1.29, 1.82) is 0 Å². The van der Waals surface area contributed by atoms with E-state index in [0.717, 1.165) is 22.6 Å². The minimum absolute atomic E-state index is 0.0819. The first kappa shape index (κ1) is 19.4. The lowest BCUT2D eigenvalue weighted by Gasteiger charge is -2.07. The maximum Gasteiger partial charge on any atom is 0.227 e. The third-order valence-corrected chi connectivity index (χ3v) is 4.48. The number of nitrogens with one attached hydrogen (secondary N) is 1. The van der Waals surface area contributed by atoms with Crippen molar-refractivity contribution >= 4 is 22.7 Å². The van der Waals surface area contributed by atoms with Gasteiger partial charge in [0.25, 0.3) is 0 Å². The molecule has 0 atom stereocenters. The van der Waals surface area contributed by atoms with E-state index in [2.05, 4.69) is 15.3 Å². The van der Waals surface area contributed by atoms with Crippen LogP contribution in [0, 0.1) is 0 Å². The third kappa shape index (κ3) is 4.75. The van der Waals surface area contributed by atoms with E-state index in [0.29, 0.717) is 36.6 Å². The third-order valence-electron chi connectivity index (χ3n) is 4.48. The number of anilines is 1. The molecule has 0 bridgehead atoms. The van der Waals surface area contributed by atoms with Crippen LogP contribution < -0.4 is 14.8 Å². The van der Waals surface area contributed by atoms with Crippen molar-refractivity contribution in [3.05, 3.63) is 67.0 Å². The number of oxazole rings is 1. The molecule has 152 valence electrons. The molecular formula is C23H21N3O4. The Morgan fingerprint density at radius 1 is 1.03 bits per heavy atom. The fourth-order valence-corrected chi connectivity index (χ4v) is 2.94. The second-order valence-electron chi connectivity index (χ2n) is 6.61. The lowest BCUT2D eigenvalue weighted by molar-refractivity contribution is -0.116. The van der Waals surface area contributed by atoms with Crippen molar-refractivity contribution in [3.63, 3.8) is 0 Å². The highest BCUT2D eigenvalue weighted by atomic mass is 16.5. The number of carbonyl (C=O) groups is 1. The van der Waals surface area contributed by atoms with Gasteiger partial charge in [0.15, 0.2) is 5.58 Å². The fourth-order valence-electron chi connectivity index (χ4n) is 2.94. The molecule has 0 unspecified atom stereocenters. The van der Waals surface area contributed by atoms with E-state index in [9.17, 15) is 4.79 Å². The van der Waals surface area contributed by atoms with E-state index < -0.39 is 0 Å². The number of carbonyl (C=O) groups excluding carboxylic acids is 1. The van der Waals surface area contributed by atoms with Crippen LogP contribution in [0.3, 0.4) is 0 Å². The Bertz CT molecular complexity index is 1120. The molecule has 4 rings (SSSR count). The van der Waals surface area contributed by atoms with E-state index in [-0.39, 0.29) is 5.91 Å². The lowest BCUT2D eigenvalue weighted by Crippen LogP contribution is -2.12. The minimum Gasteiger partial charge on any atom is -0.497 e. The zero-order valence-electron chi connectivity index (χ0n) is 16.5. The Morgan fingerprint density at radius 2 is 1.80 bits per heavy atom. The van der Waals surface area contributed by atoms with Gasteiger partial charge in [0.05, 0.1) is 13.7 Å². The minimum atomic E-state index is -0.0819. The van der Waals surface area contributed by atoms with Crippen LogP contribution in [0.15, 0.2) is 71.4 Å². The first-order valence-electron chi connectivity index (χ1n) is 9.59. The van der Waals surface area contributed by atoms with E-state index in [1.54, 1.807) is 25.6 Å². The molecule has 0 saturated heterocycles. The first-order valence-corrected chi connectivity index (χ1v) is 9.59. The summed E-state index contributed by atoms with van der Waals surface area (Å²) in [6.07, 6.45) is 4.34. The normalized spacial score (nSPS) is 10.7. The topological polar surface area (TPSA) is 86.5 Å². The van der Waals surface area contributed by atoms with Crippen molar-refractivity contribution in [2.75, 3.05) is 19.0 Å². The summed E-state index contributed by atoms with van der Waals surface area (Å²) < 4.78 is 16.6. The van der Waals surface area contributed by atoms with Gasteiger partial charge in [-0.2, -0.15) is 0 Å². The zero-order chi connectivity index (χ0) is 20.8. The molecule has 0 spiro atoms. The molecule has 2 aromatic carbocycles. The molecule has 0 fully saturated rings. The van der Waals surface area contributed by atoms with Gasteiger partial charge in [-0.15, -0.1) is 0 Å². The van der Waals surface area contributed by atoms with Gasteiger partial charge >= 0.3 is 0 Å². The molecule has 7 nitrogen and oxygen atoms in total. The van der Waals surface area contributed by atoms with Crippen molar-refractivity contribution in [1.82, 2.24) is 9.97 Å². The highest BCUT2D eigenvalue weighted by Crippen LogP contribution is 2.26. The molecular weight excluding hydrogens is 382 g/mol. The number of fused-ring (bicyclic) bond motifs is 1. The van der Waals surface area contributed by atoms with Gasteiger partial charge in [0, 0.05) is 36.1 Å². The van der Waals surface area contributed by atoms with Gasteiger partial charge in [0.2, 0.25) is 11.8 Å². The van der Waals surface area contributed by atoms with Gasteiger partial charge < -0.3 is 19.2 Å². The smallest absolute Gasteiger partial charge is 0.227 e. The number of hydrogen-bond acceptors (Lipinski definition) is 6. The monoisotopic (exact) mass is 403 g/mol. The van der Waals surface area contributed by atoms with Crippen molar-refractivity contribution < 1.29 is 18.7 Å². The molecule has 2 heterocycles. The number of amides is 1. The molecule has 30 heavy (non-hydrogen) atoms. The van der Waals surface area contributed by atoms with Gasteiger partial charge in [0.1, 0.15) is 17.0 Å². The number of nitrogens with zero attached hydrogens (tertiary/aromatic N) is 2. The van der Waals surface area contributed by atoms with Crippen molar-refractivity contribution in [2.45, 2.75) is 12.8 Å². The molecule has 0 saturated carbocycles. The van der Waals surface area contributed by atoms with Gasteiger partial charge in [-0.1, -0.05) is 0 Å². The summed E-state index contributed by atoms with van der Waals surface area (Å²) in [6.45, 7) is 0.455. The second-order valence-corrected chi connectivity index (χ2v) is 6.61. The van der Waals surface area contributed by atoms with Crippen LogP contribution in [-0.4, -0.2) is 29.6 Å². The van der Waals surface area contributed by atoms with Crippen LogP contribution in [0.5, 0.6) is 11.5 Å². The number of pyridine rings is 1. The quantitative estimate of drug-likeness (QED) is 0.429. The summed E-state index contributed by atoms with van der Waals surface area (Å²) in [5.74, 6) is 1.96. The maximum absolute atomic E-state index is 12.2. The zero-order valence-corrected chi connectivity index (χ0v) is 16.5. The van der Waals surface area contributed by atoms with Crippen LogP contribution >= 0.6 is 0 Å². The largest absolute Gasteiger partial charge is 0.497 e. The maximum atomic E-state index is 12.2. The molecule has 7 heteroatoms. The summed E-state index contributed by atoms with van der Waals surface area (Å²) in [4.78, 5) is 20.7. The average Bonchev–Trinajstić information content (AvgIpc) is 3.21. The van der Waals surface area contributed by atoms with E-state index >= 15 is 0 Å². The van der Waals surface area contributed by atoms with Gasteiger partial charge in [-0.25, -0.2) is 4.98 Å². The molecule has 0 aliphatic carbocycles. The number of aromatic nitrogens is 2. The van der Waals surface area contributed by atoms with Crippen molar-refractivity contribution in [2.24, 2.45) is 0 Å². The lowest BCUT2D eigenvalue weighted by atomic mass is 10.2. The highest BCUT2D eigenvalue weighted by molar-refractivity contribution is 5.92. The van der Waals surface area contributed by atoms with E-state index in [4.69, 9.17) is 13.9 Å². The molecule has 4 aromatic rings. The van der Waals surface area contributed by atoms with Crippen molar-refractivity contribution in [3.8, 4) is 23.0 Å². The molecule has 1 N–H and O–H groups in total. The Kier molecular flexibility index (Phi) is 5.89. The number of hydrogen-bond donors (Lipinski definition) is 1. The van der Waals surface area contributed by atoms with Crippen LogP contribution in [0.4, 0.5) is 5.69 Å². The summed E-state index contributed by atoms with van der Waals surface area (Å²) >= 11 is 0. The fraction of sp³-hybridized carbons (Fsp3) is 0.174. The van der Waals surface area contributed by atoms with Gasteiger partial charge in [-0.05, 0) is 55.0 Å². The van der Waals surface area contributed by atoms with Crippen LogP contribution in [-0.2, 0) is 4.79 Å². The summed E-state index contributed by atoms with van der Waals surface area (Å²) in [7, 11) is 1.62. The Balaban J connectivity index is 1.29. The first-order chi connectivity index (χ1) is 14.7. The standard InChI is InChI=1S/C23H21N3O4/c1-28-18-5-7-19(8-6-18)29-14-2-3-22(27)25-17-4-9-20-21(15-17)30-23(26-20)16-10-12-24-13-11-16/h4-13,15H,2-3,14H2,1H3,(H,25,27). The van der Waals surface area contributed by atoms with E-state index in [1.165, 1.54) is 0 Å². The predicted molar refractivity (Wildman–Crippen MR) is 114 cm³/mol. The molecule has 0 aliphatic heterocycles. The second kappa shape index (κ2) is 9.09. The van der Waals surface area contributed by atoms with Crippen LogP contribution in [0.25, 0.3) is 22.6 Å². The molecule has 0 aliphatic rings. The molecule has 0 radical (unpaired) electrons. The SMILES string of the molecule is COc1ccc(OCCCC(=O)Nc2ccc3nc(-c4ccncc4)oc3c2)cc1. The number of rotatable bonds is 8. The Morgan fingerprint density at radius 3 is 2.57 bits per heavy atom. The van der Waals surface area contributed by atoms with Crippen LogP contribution in [0.2, 0.25) is 0 Å². The Hall–Kier alpha value is -3.87. The number of methoxy groups -OCH3 is 1. The van der Waals surface area contributed by atoms with E-state index in [1.807, 2.05) is 48.5 Å². The molecule has 2 aromatic heterocycles. The Labute approximate surface area is 173 Å². The summed E-state index contributed by atoms with van der Waals surface area (Å²) in [5, 5.41) is 2.89. The highest BCUT2D eigenvalue weighted by Gasteiger charge is 2.10. The predicted octanol–water partition coefficient (Wildman–Crippen LogP) is 4.70. The number of ether oxygens (including phenoxy) is 2. The summed E-state index contributed by atoms with van der Waals surface area (Å²) in [5.41, 5.74) is 2.86. The summed E-state index contributed by atoms with van der Waals surface area (Å²) in [6, 6.07) is 16.4. The van der Waals surface area contributed by atoms with Gasteiger partial charge in [-0.3, -0.25) is 9.78 Å². The number of benzene rings is 2.